The molecular formula is C13H18ClFINO2. The van der Waals surface area contributed by atoms with Crippen LogP contribution in [0.4, 0.5) is 4.39 Å². The highest BCUT2D eigenvalue weighted by Crippen LogP contribution is 2.13. The lowest BCUT2D eigenvalue weighted by Gasteiger charge is -2.17. The smallest absolute Gasteiger partial charge is 0.338 e. The number of rotatable bonds is 6. The summed E-state index contributed by atoms with van der Waals surface area (Å²) < 4.78 is 18.6. The van der Waals surface area contributed by atoms with Crippen LogP contribution in [0.1, 0.15) is 24.2 Å². The summed E-state index contributed by atoms with van der Waals surface area (Å²) in [4.78, 5) is 13.9. The van der Waals surface area contributed by atoms with E-state index in [0.29, 0.717) is 15.7 Å². The Labute approximate surface area is 133 Å². The van der Waals surface area contributed by atoms with Crippen LogP contribution in [-0.4, -0.2) is 37.1 Å². The first kappa shape index (κ1) is 18.6. The highest BCUT2D eigenvalue weighted by Gasteiger charge is 2.10. The van der Waals surface area contributed by atoms with E-state index in [9.17, 15) is 9.18 Å². The number of nitrogens with zero attached hydrogens (tertiary/aromatic N) is 1. The van der Waals surface area contributed by atoms with Crippen molar-refractivity contribution in [2.45, 2.75) is 13.8 Å². The van der Waals surface area contributed by atoms with Crippen molar-refractivity contribution in [1.82, 2.24) is 4.90 Å². The molecule has 0 heterocycles. The zero-order chi connectivity index (χ0) is 13.5. The number of ether oxygens (including phenoxy) is 1. The van der Waals surface area contributed by atoms with Crippen LogP contribution in [0.2, 0.25) is 0 Å². The summed E-state index contributed by atoms with van der Waals surface area (Å²) in [5, 5.41) is 0. The molecule has 3 nitrogen and oxygen atoms in total. The van der Waals surface area contributed by atoms with Crippen LogP contribution in [0.15, 0.2) is 18.2 Å². The first-order chi connectivity index (χ1) is 8.58. The van der Waals surface area contributed by atoms with E-state index in [0.717, 1.165) is 19.6 Å². The number of likely N-dealkylation sites (N-methyl/N-ethyl adjacent to an activating group) is 1. The standard InChI is InChI=1S/C13H17FINO2.ClH/c1-3-16(4-2)7-8-18-13(17)10-5-6-11(14)12(15)9-10;/h5-6,9H,3-4,7-8H2,1-2H3;1H. The zero-order valence-corrected chi connectivity index (χ0v) is 14.0. The molecule has 108 valence electrons. The molecular weight excluding hydrogens is 384 g/mol. The van der Waals surface area contributed by atoms with E-state index in [-0.39, 0.29) is 18.2 Å². The fourth-order valence-corrected chi connectivity index (χ4v) is 2.03. The van der Waals surface area contributed by atoms with Crippen LogP contribution >= 0.6 is 35.0 Å². The van der Waals surface area contributed by atoms with Crippen molar-refractivity contribution in [2.24, 2.45) is 0 Å². The third-order valence-corrected chi connectivity index (χ3v) is 3.52. The minimum absolute atomic E-state index is 0. The maximum atomic E-state index is 13.0. The second-order valence-electron chi connectivity index (χ2n) is 3.79. The van der Waals surface area contributed by atoms with E-state index in [1.54, 1.807) is 0 Å². The normalized spacial score (nSPS) is 10.2. The van der Waals surface area contributed by atoms with E-state index in [1.807, 2.05) is 22.6 Å². The van der Waals surface area contributed by atoms with Gasteiger partial charge in [-0.05, 0) is 53.9 Å². The summed E-state index contributed by atoms with van der Waals surface area (Å²) >= 11 is 1.85. The van der Waals surface area contributed by atoms with Crippen molar-refractivity contribution in [3.05, 3.63) is 33.1 Å². The Morgan fingerprint density at radius 3 is 2.53 bits per heavy atom. The van der Waals surface area contributed by atoms with E-state index < -0.39 is 5.97 Å². The lowest BCUT2D eigenvalue weighted by Crippen LogP contribution is -2.27. The fraction of sp³-hybridized carbons (Fsp3) is 0.462. The summed E-state index contributed by atoms with van der Waals surface area (Å²) in [5.41, 5.74) is 0.389. The zero-order valence-electron chi connectivity index (χ0n) is 11.0. The van der Waals surface area contributed by atoms with Crippen molar-refractivity contribution in [3.8, 4) is 0 Å². The number of carbonyl (C=O) groups is 1. The van der Waals surface area contributed by atoms with Gasteiger partial charge < -0.3 is 9.64 Å². The molecule has 0 amide bonds. The van der Waals surface area contributed by atoms with E-state index in [4.69, 9.17) is 4.74 Å². The lowest BCUT2D eigenvalue weighted by molar-refractivity contribution is 0.0466. The van der Waals surface area contributed by atoms with Gasteiger partial charge in [-0.1, -0.05) is 13.8 Å². The summed E-state index contributed by atoms with van der Waals surface area (Å²) in [5.74, 6) is -0.727. The highest BCUT2D eigenvalue weighted by molar-refractivity contribution is 14.1. The van der Waals surface area contributed by atoms with Crippen molar-refractivity contribution >= 4 is 41.0 Å². The number of esters is 1. The number of carbonyl (C=O) groups excluding carboxylic acids is 1. The van der Waals surface area contributed by atoms with Crippen LogP contribution in [0, 0.1) is 9.39 Å². The summed E-state index contributed by atoms with van der Waals surface area (Å²) in [7, 11) is 0. The molecule has 0 bridgehead atoms. The predicted octanol–water partition coefficient (Wildman–Crippen LogP) is 3.35. The molecule has 0 atom stereocenters. The molecule has 0 aliphatic rings. The predicted molar refractivity (Wildman–Crippen MR) is 84.4 cm³/mol. The maximum absolute atomic E-state index is 13.0. The SMILES string of the molecule is CCN(CC)CCOC(=O)c1ccc(F)c(I)c1.Cl. The van der Waals surface area contributed by atoms with Gasteiger partial charge in [-0.3, -0.25) is 0 Å². The van der Waals surface area contributed by atoms with Crippen LogP contribution in [0.25, 0.3) is 0 Å². The molecule has 0 unspecified atom stereocenters. The van der Waals surface area contributed by atoms with E-state index in [1.165, 1.54) is 18.2 Å². The summed E-state index contributed by atoms with van der Waals surface area (Å²) in [6.07, 6.45) is 0. The van der Waals surface area contributed by atoms with Crippen molar-refractivity contribution in [2.75, 3.05) is 26.2 Å². The largest absolute Gasteiger partial charge is 0.461 e. The number of benzene rings is 1. The minimum Gasteiger partial charge on any atom is -0.461 e. The molecule has 1 rings (SSSR count). The first-order valence-corrected chi connectivity index (χ1v) is 7.00. The van der Waals surface area contributed by atoms with Gasteiger partial charge in [0, 0.05) is 10.1 Å². The van der Waals surface area contributed by atoms with Gasteiger partial charge >= 0.3 is 5.97 Å². The van der Waals surface area contributed by atoms with Gasteiger partial charge in [0.05, 0.1) is 5.56 Å². The van der Waals surface area contributed by atoms with Crippen molar-refractivity contribution < 1.29 is 13.9 Å². The Hall–Kier alpha value is -0.400. The molecule has 0 aromatic heterocycles. The monoisotopic (exact) mass is 401 g/mol. The van der Waals surface area contributed by atoms with Crippen molar-refractivity contribution in [3.63, 3.8) is 0 Å². The summed E-state index contributed by atoms with van der Waals surface area (Å²) in [6, 6.07) is 4.22. The van der Waals surface area contributed by atoms with Gasteiger partial charge in [0.1, 0.15) is 12.4 Å². The summed E-state index contributed by atoms with van der Waals surface area (Å²) in [6.45, 7) is 7.07. The molecule has 1 aromatic carbocycles. The lowest BCUT2D eigenvalue weighted by atomic mass is 10.2. The quantitative estimate of drug-likeness (QED) is 0.541. The van der Waals surface area contributed by atoms with Crippen LogP contribution in [0.3, 0.4) is 0 Å². The topological polar surface area (TPSA) is 29.5 Å². The molecule has 0 radical (unpaired) electrons. The van der Waals surface area contributed by atoms with Gasteiger partial charge in [-0.2, -0.15) is 0 Å². The number of hydrogen-bond donors (Lipinski definition) is 0. The average Bonchev–Trinajstić information content (AvgIpc) is 2.37. The molecule has 0 N–H and O–H groups in total. The molecule has 1 aromatic rings. The van der Waals surface area contributed by atoms with Crippen molar-refractivity contribution in [1.29, 1.82) is 0 Å². The van der Waals surface area contributed by atoms with Crippen LogP contribution in [0.5, 0.6) is 0 Å². The third-order valence-electron chi connectivity index (χ3n) is 2.69. The molecule has 0 aliphatic heterocycles. The Morgan fingerprint density at radius 1 is 1.37 bits per heavy atom. The van der Waals surface area contributed by atoms with Gasteiger partial charge in [-0.15, -0.1) is 12.4 Å². The van der Waals surface area contributed by atoms with Gasteiger partial charge in [0.2, 0.25) is 0 Å². The molecule has 0 saturated carbocycles. The van der Waals surface area contributed by atoms with Crippen LogP contribution < -0.4 is 0 Å². The molecule has 0 fully saturated rings. The van der Waals surface area contributed by atoms with Gasteiger partial charge in [0.15, 0.2) is 0 Å². The highest BCUT2D eigenvalue weighted by atomic mass is 127. The van der Waals surface area contributed by atoms with Gasteiger partial charge in [0.25, 0.3) is 0 Å². The maximum Gasteiger partial charge on any atom is 0.338 e. The fourth-order valence-electron chi connectivity index (χ4n) is 1.51. The number of hydrogen-bond acceptors (Lipinski definition) is 3. The second-order valence-corrected chi connectivity index (χ2v) is 4.95. The molecule has 19 heavy (non-hydrogen) atoms. The second kappa shape index (κ2) is 9.50. The van der Waals surface area contributed by atoms with E-state index in [2.05, 4.69) is 18.7 Å². The Morgan fingerprint density at radius 2 is 2.00 bits per heavy atom. The minimum atomic E-state index is -0.403. The Bertz CT molecular complexity index is 414. The van der Waals surface area contributed by atoms with Crippen LogP contribution in [-0.2, 0) is 4.74 Å². The third kappa shape index (κ3) is 6.05. The number of halogens is 3. The average molecular weight is 402 g/mol. The van der Waals surface area contributed by atoms with Gasteiger partial charge in [-0.25, -0.2) is 9.18 Å². The molecule has 0 saturated heterocycles. The van der Waals surface area contributed by atoms with E-state index >= 15 is 0 Å². The molecule has 0 spiro atoms. The molecule has 6 heteroatoms. The Balaban J connectivity index is 0.00000324. The Kier molecular flexibility index (Phi) is 9.30. The molecule has 0 aliphatic carbocycles. The first-order valence-electron chi connectivity index (χ1n) is 5.93.